The van der Waals surface area contributed by atoms with Gasteiger partial charge in [0.2, 0.25) is 10.0 Å². The number of nitrogens with one attached hydrogen (secondary N) is 1. The highest BCUT2D eigenvalue weighted by atomic mass is 32.2. The molecule has 6 nitrogen and oxygen atoms in total. The Morgan fingerprint density at radius 1 is 1.11 bits per heavy atom. The molecule has 0 bridgehead atoms. The Morgan fingerprint density at radius 2 is 1.72 bits per heavy atom. The molecule has 102 valence electrons. The van der Waals surface area contributed by atoms with E-state index in [1.807, 2.05) is 35.1 Å². The van der Waals surface area contributed by atoms with Crippen LogP contribution in [0.25, 0.3) is 0 Å². The van der Waals surface area contributed by atoms with E-state index in [0.29, 0.717) is 6.42 Å². The van der Waals surface area contributed by atoms with Crippen LogP contribution in [0.3, 0.4) is 0 Å². The maximum absolute atomic E-state index is 11.3. The van der Waals surface area contributed by atoms with Gasteiger partial charge in [0.15, 0.2) is 0 Å². The number of hydrogen-bond acceptors (Lipinski definition) is 5. The molecule has 0 atom stereocenters. The summed E-state index contributed by atoms with van der Waals surface area (Å²) in [4.78, 5) is 0. The summed E-state index contributed by atoms with van der Waals surface area (Å²) < 4.78 is 50.7. The lowest BCUT2D eigenvalue weighted by atomic mass is 10.2. The van der Waals surface area contributed by atoms with Crippen LogP contribution < -0.4 is 4.72 Å². The summed E-state index contributed by atoms with van der Waals surface area (Å²) in [6.45, 7) is -0.0161. The molecule has 0 aliphatic rings. The molecule has 0 heterocycles. The van der Waals surface area contributed by atoms with Crippen LogP contribution in [0.4, 0.5) is 0 Å². The minimum atomic E-state index is -3.88. The molecule has 0 fully saturated rings. The fourth-order valence-corrected chi connectivity index (χ4v) is 3.01. The van der Waals surface area contributed by atoms with E-state index in [-0.39, 0.29) is 6.61 Å². The van der Waals surface area contributed by atoms with Crippen molar-refractivity contribution in [2.45, 2.75) is 6.42 Å². The SMILES string of the molecule is CS(=O)(=O)NCS(=O)(=O)OCCc1ccccc1. The fraction of sp³-hybridized carbons (Fsp3) is 0.400. The molecule has 1 N–H and O–H groups in total. The summed E-state index contributed by atoms with van der Waals surface area (Å²) in [7, 11) is -7.42. The molecule has 0 unspecified atom stereocenters. The predicted molar refractivity (Wildman–Crippen MR) is 67.9 cm³/mol. The second-order valence-corrected chi connectivity index (χ2v) is 7.15. The lowest BCUT2D eigenvalue weighted by Crippen LogP contribution is -2.29. The molecule has 1 aromatic carbocycles. The molecular formula is C10H15NO5S2. The number of benzene rings is 1. The van der Waals surface area contributed by atoms with Gasteiger partial charge in [0, 0.05) is 0 Å². The van der Waals surface area contributed by atoms with Crippen molar-refractivity contribution in [2.75, 3.05) is 18.7 Å². The monoisotopic (exact) mass is 293 g/mol. The molecule has 0 spiro atoms. The Balaban J connectivity index is 2.39. The Morgan fingerprint density at radius 3 is 2.28 bits per heavy atom. The van der Waals surface area contributed by atoms with Gasteiger partial charge in [-0.3, -0.25) is 4.18 Å². The van der Waals surface area contributed by atoms with Gasteiger partial charge in [-0.05, 0) is 12.0 Å². The van der Waals surface area contributed by atoms with Crippen molar-refractivity contribution < 1.29 is 21.0 Å². The van der Waals surface area contributed by atoms with E-state index in [1.165, 1.54) is 0 Å². The largest absolute Gasteiger partial charge is 0.281 e. The van der Waals surface area contributed by atoms with Crippen LogP contribution in [0.5, 0.6) is 0 Å². The minimum absolute atomic E-state index is 0.0161. The zero-order valence-corrected chi connectivity index (χ0v) is 11.5. The molecule has 0 aromatic heterocycles. The van der Waals surface area contributed by atoms with E-state index in [4.69, 9.17) is 0 Å². The van der Waals surface area contributed by atoms with Crippen LogP contribution in [0.15, 0.2) is 30.3 Å². The first-order valence-corrected chi connectivity index (χ1v) is 8.61. The van der Waals surface area contributed by atoms with Gasteiger partial charge in [0.25, 0.3) is 10.1 Å². The molecular weight excluding hydrogens is 278 g/mol. The third-order valence-corrected chi connectivity index (χ3v) is 3.87. The Kier molecular flexibility index (Phi) is 5.27. The van der Waals surface area contributed by atoms with Gasteiger partial charge in [-0.1, -0.05) is 30.3 Å². The quantitative estimate of drug-likeness (QED) is 0.719. The Labute approximate surface area is 107 Å². The molecule has 0 aliphatic carbocycles. The number of sulfonamides is 1. The lowest BCUT2D eigenvalue weighted by Gasteiger charge is -2.06. The normalized spacial score (nSPS) is 12.5. The van der Waals surface area contributed by atoms with E-state index in [1.54, 1.807) is 0 Å². The summed E-state index contributed by atoms with van der Waals surface area (Å²) in [6.07, 6.45) is 1.32. The summed E-state index contributed by atoms with van der Waals surface area (Å²) in [5, 5.41) is 0. The number of rotatable bonds is 7. The molecule has 0 amide bonds. The van der Waals surface area contributed by atoms with Crippen molar-refractivity contribution in [3.05, 3.63) is 35.9 Å². The summed E-state index contributed by atoms with van der Waals surface area (Å²) in [6, 6.07) is 9.25. The van der Waals surface area contributed by atoms with E-state index in [2.05, 4.69) is 4.18 Å². The van der Waals surface area contributed by atoms with Crippen LogP contribution in [-0.2, 0) is 30.7 Å². The molecule has 0 saturated carbocycles. The average molecular weight is 293 g/mol. The highest BCUT2D eigenvalue weighted by Gasteiger charge is 2.13. The van der Waals surface area contributed by atoms with Crippen molar-refractivity contribution in [3.63, 3.8) is 0 Å². The fourth-order valence-electron chi connectivity index (χ4n) is 1.15. The topological polar surface area (TPSA) is 89.5 Å². The second kappa shape index (κ2) is 6.28. The molecule has 1 rings (SSSR count). The molecule has 1 aromatic rings. The first-order chi connectivity index (χ1) is 8.29. The first kappa shape index (κ1) is 15.1. The van der Waals surface area contributed by atoms with Crippen LogP contribution in [0.2, 0.25) is 0 Å². The first-order valence-electron chi connectivity index (χ1n) is 5.14. The van der Waals surface area contributed by atoms with Gasteiger partial charge in [0.1, 0.15) is 5.88 Å². The lowest BCUT2D eigenvalue weighted by molar-refractivity contribution is 0.321. The molecule has 18 heavy (non-hydrogen) atoms. The average Bonchev–Trinajstić information content (AvgIpc) is 2.27. The Hall–Kier alpha value is -0.960. The van der Waals surface area contributed by atoms with Gasteiger partial charge in [-0.25, -0.2) is 8.42 Å². The highest BCUT2D eigenvalue weighted by molar-refractivity contribution is 7.91. The van der Waals surface area contributed by atoms with Crippen molar-refractivity contribution in [1.82, 2.24) is 4.72 Å². The van der Waals surface area contributed by atoms with Crippen molar-refractivity contribution in [3.8, 4) is 0 Å². The Bertz CT molecular complexity index is 566. The minimum Gasteiger partial charge on any atom is -0.269 e. The maximum Gasteiger partial charge on any atom is 0.281 e. The maximum atomic E-state index is 11.3. The van der Waals surface area contributed by atoms with Crippen LogP contribution >= 0.6 is 0 Å². The third-order valence-electron chi connectivity index (χ3n) is 1.99. The van der Waals surface area contributed by atoms with E-state index in [0.717, 1.165) is 11.8 Å². The summed E-state index contributed by atoms with van der Waals surface area (Å²) >= 11 is 0. The molecule has 0 radical (unpaired) electrons. The standard InChI is InChI=1S/C10H15NO5S2/c1-17(12,13)11-9-18(14,15)16-8-7-10-5-3-2-4-6-10/h2-6,11H,7-9H2,1H3. The van der Waals surface area contributed by atoms with Gasteiger partial charge < -0.3 is 0 Å². The second-order valence-electron chi connectivity index (χ2n) is 3.68. The third kappa shape index (κ3) is 6.70. The number of hydrogen-bond donors (Lipinski definition) is 1. The van der Waals surface area contributed by atoms with E-state index < -0.39 is 26.0 Å². The van der Waals surface area contributed by atoms with Crippen LogP contribution in [0.1, 0.15) is 5.56 Å². The van der Waals surface area contributed by atoms with Gasteiger partial charge >= 0.3 is 0 Å². The van der Waals surface area contributed by atoms with Gasteiger partial charge in [-0.2, -0.15) is 13.1 Å². The van der Waals surface area contributed by atoms with Crippen molar-refractivity contribution >= 4 is 20.1 Å². The predicted octanol–water partition coefficient (Wildman–Crippen LogP) is 0.0822. The van der Waals surface area contributed by atoms with E-state index >= 15 is 0 Å². The highest BCUT2D eigenvalue weighted by Crippen LogP contribution is 2.01. The van der Waals surface area contributed by atoms with Crippen molar-refractivity contribution in [2.24, 2.45) is 0 Å². The zero-order chi connectivity index (χ0) is 13.6. The smallest absolute Gasteiger partial charge is 0.269 e. The van der Waals surface area contributed by atoms with Crippen LogP contribution in [0, 0.1) is 0 Å². The van der Waals surface area contributed by atoms with E-state index in [9.17, 15) is 16.8 Å². The van der Waals surface area contributed by atoms with Gasteiger partial charge in [0.05, 0.1) is 12.9 Å². The summed E-state index contributed by atoms with van der Waals surface area (Å²) in [5.74, 6) is -0.749. The summed E-state index contributed by atoms with van der Waals surface area (Å²) in [5.41, 5.74) is 0.948. The van der Waals surface area contributed by atoms with Crippen LogP contribution in [-0.4, -0.2) is 35.6 Å². The molecule has 8 heteroatoms. The van der Waals surface area contributed by atoms with Gasteiger partial charge in [-0.15, -0.1) is 0 Å². The van der Waals surface area contributed by atoms with Crippen molar-refractivity contribution in [1.29, 1.82) is 0 Å². The zero-order valence-electron chi connectivity index (χ0n) is 9.87. The molecule has 0 saturated heterocycles. The molecule has 0 aliphatic heterocycles.